The number of halogens is 1. The summed E-state index contributed by atoms with van der Waals surface area (Å²) in [5.41, 5.74) is 0.923. The molecule has 6 heteroatoms. The minimum Gasteiger partial charge on any atom is -0.491 e. The average molecular weight is 315 g/mol. The first-order valence-corrected chi connectivity index (χ1v) is 7.33. The molecule has 1 rings (SSSR count). The second-order valence-electron chi connectivity index (χ2n) is 5.23. The first kappa shape index (κ1) is 17.8. The monoisotopic (exact) mass is 314 g/mol. The van der Waals surface area contributed by atoms with Crippen LogP contribution in [0.2, 0.25) is 5.02 Å². The van der Waals surface area contributed by atoms with E-state index in [1.165, 1.54) is 0 Å². The molecule has 0 aliphatic heterocycles. The molecule has 1 amide bonds. The summed E-state index contributed by atoms with van der Waals surface area (Å²) in [7, 11) is 0. The molecule has 0 aromatic heterocycles. The van der Waals surface area contributed by atoms with Gasteiger partial charge >= 0.3 is 0 Å². The van der Waals surface area contributed by atoms with Gasteiger partial charge in [-0.15, -0.1) is 0 Å². The first-order valence-electron chi connectivity index (χ1n) is 6.95. The van der Waals surface area contributed by atoms with E-state index in [0.717, 1.165) is 5.56 Å². The fourth-order valence-corrected chi connectivity index (χ4v) is 1.80. The molecule has 0 heterocycles. The molecular formula is C15H23ClN2O3. The quantitative estimate of drug-likeness (QED) is 0.680. The van der Waals surface area contributed by atoms with Gasteiger partial charge in [0.25, 0.3) is 0 Å². The highest BCUT2D eigenvalue weighted by molar-refractivity contribution is 6.31. The molecule has 0 aliphatic carbocycles. The summed E-state index contributed by atoms with van der Waals surface area (Å²) in [6, 6.07) is 5.44. The molecule has 0 radical (unpaired) electrons. The summed E-state index contributed by atoms with van der Waals surface area (Å²) in [6.07, 6.45) is -0.687. The zero-order chi connectivity index (χ0) is 15.8. The number of hydrogen-bond acceptors (Lipinski definition) is 4. The lowest BCUT2D eigenvalue weighted by molar-refractivity contribution is -0.120. The molecule has 3 N–H and O–H groups in total. The number of aliphatic hydroxyl groups is 1. The van der Waals surface area contributed by atoms with Gasteiger partial charge in [0.15, 0.2) is 0 Å². The summed E-state index contributed by atoms with van der Waals surface area (Å²) in [4.78, 5) is 11.4. The second-order valence-corrected chi connectivity index (χ2v) is 5.64. The largest absolute Gasteiger partial charge is 0.491 e. The third kappa shape index (κ3) is 7.32. The Morgan fingerprint density at radius 3 is 2.76 bits per heavy atom. The molecule has 1 aromatic carbocycles. The number of carbonyl (C=O) groups is 1. The van der Waals surface area contributed by atoms with Gasteiger partial charge < -0.3 is 20.5 Å². The van der Waals surface area contributed by atoms with Crippen molar-refractivity contribution in [2.75, 3.05) is 19.7 Å². The molecule has 5 nitrogen and oxygen atoms in total. The maximum absolute atomic E-state index is 11.4. The van der Waals surface area contributed by atoms with Crippen molar-refractivity contribution >= 4 is 17.5 Å². The lowest BCUT2D eigenvalue weighted by Crippen LogP contribution is -2.41. The van der Waals surface area contributed by atoms with Crippen LogP contribution in [0.1, 0.15) is 19.4 Å². The summed E-state index contributed by atoms with van der Waals surface area (Å²) in [5.74, 6) is 0.569. The highest BCUT2D eigenvalue weighted by Gasteiger charge is 2.08. The standard InChI is InChI=1S/C15H23ClN2O3/c1-10(2)18-15(20)8-17-7-12(19)9-21-13-4-5-14(16)11(3)6-13/h4-6,10,12,17,19H,7-9H2,1-3H3,(H,18,20). The number of hydrogen-bond donors (Lipinski definition) is 3. The van der Waals surface area contributed by atoms with Crippen molar-refractivity contribution in [2.45, 2.75) is 32.9 Å². The highest BCUT2D eigenvalue weighted by Crippen LogP contribution is 2.20. The molecule has 0 saturated heterocycles. The van der Waals surface area contributed by atoms with Crippen LogP contribution >= 0.6 is 11.6 Å². The molecule has 0 fully saturated rings. The van der Waals surface area contributed by atoms with Gasteiger partial charge in [-0.2, -0.15) is 0 Å². The van der Waals surface area contributed by atoms with Gasteiger partial charge in [-0.3, -0.25) is 4.79 Å². The zero-order valence-electron chi connectivity index (χ0n) is 12.6. The zero-order valence-corrected chi connectivity index (χ0v) is 13.4. The molecule has 0 aliphatic rings. The van der Waals surface area contributed by atoms with E-state index in [0.29, 0.717) is 10.8 Å². The van der Waals surface area contributed by atoms with Gasteiger partial charge in [-0.05, 0) is 44.5 Å². The van der Waals surface area contributed by atoms with Crippen LogP contribution < -0.4 is 15.4 Å². The molecule has 21 heavy (non-hydrogen) atoms. The Labute approximate surface area is 130 Å². The van der Waals surface area contributed by atoms with Gasteiger partial charge in [-0.1, -0.05) is 11.6 Å². The Hall–Kier alpha value is -1.30. The highest BCUT2D eigenvalue weighted by atomic mass is 35.5. The van der Waals surface area contributed by atoms with Gasteiger partial charge in [0.1, 0.15) is 18.5 Å². The second kappa shape index (κ2) is 8.87. The normalized spacial score (nSPS) is 12.3. The maximum atomic E-state index is 11.4. The van der Waals surface area contributed by atoms with Crippen molar-refractivity contribution in [3.05, 3.63) is 28.8 Å². The van der Waals surface area contributed by atoms with Crippen molar-refractivity contribution in [3.8, 4) is 5.75 Å². The number of rotatable bonds is 8. The van der Waals surface area contributed by atoms with Crippen molar-refractivity contribution < 1.29 is 14.6 Å². The van der Waals surface area contributed by atoms with Crippen LogP contribution in [0.15, 0.2) is 18.2 Å². The van der Waals surface area contributed by atoms with E-state index in [1.807, 2.05) is 26.8 Å². The molecule has 1 atom stereocenters. The minimum atomic E-state index is -0.687. The molecule has 1 unspecified atom stereocenters. The van der Waals surface area contributed by atoms with Crippen LogP contribution in [0.25, 0.3) is 0 Å². The van der Waals surface area contributed by atoms with E-state index >= 15 is 0 Å². The maximum Gasteiger partial charge on any atom is 0.234 e. The summed E-state index contributed by atoms with van der Waals surface area (Å²) in [5, 5.41) is 16.1. The van der Waals surface area contributed by atoms with Crippen LogP contribution in [0.5, 0.6) is 5.75 Å². The number of nitrogens with one attached hydrogen (secondary N) is 2. The van der Waals surface area contributed by atoms with Crippen molar-refractivity contribution in [1.82, 2.24) is 10.6 Å². The van der Waals surface area contributed by atoms with Gasteiger partial charge in [0.05, 0.1) is 6.54 Å². The van der Waals surface area contributed by atoms with Crippen LogP contribution in [0.3, 0.4) is 0 Å². The third-order valence-corrected chi connectivity index (χ3v) is 3.11. The molecule has 0 saturated carbocycles. The summed E-state index contributed by atoms with van der Waals surface area (Å²) in [6.45, 7) is 6.30. The lowest BCUT2D eigenvalue weighted by atomic mass is 10.2. The number of ether oxygens (including phenoxy) is 1. The molecule has 1 aromatic rings. The Kier molecular flexibility index (Phi) is 7.50. The van der Waals surface area contributed by atoms with Crippen molar-refractivity contribution in [1.29, 1.82) is 0 Å². The molecule has 0 bridgehead atoms. The molecular weight excluding hydrogens is 292 g/mol. The van der Waals surface area contributed by atoms with E-state index < -0.39 is 6.10 Å². The van der Waals surface area contributed by atoms with Gasteiger partial charge in [0, 0.05) is 17.6 Å². The third-order valence-electron chi connectivity index (χ3n) is 2.69. The Morgan fingerprint density at radius 1 is 1.43 bits per heavy atom. The molecule has 118 valence electrons. The van der Waals surface area contributed by atoms with Crippen LogP contribution in [0, 0.1) is 6.92 Å². The van der Waals surface area contributed by atoms with Gasteiger partial charge in [0.2, 0.25) is 5.91 Å². The summed E-state index contributed by atoms with van der Waals surface area (Å²) < 4.78 is 5.48. The summed E-state index contributed by atoms with van der Waals surface area (Å²) >= 11 is 5.92. The number of aryl methyl sites for hydroxylation is 1. The fraction of sp³-hybridized carbons (Fsp3) is 0.533. The number of benzene rings is 1. The number of aliphatic hydroxyl groups excluding tert-OH is 1. The minimum absolute atomic E-state index is 0.0913. The molecule has 0 spiro atoms. The SMILES string of the molecule is Cc1cc(OCC(O)CNCC(=O)NC(C)C)ccc1Cl. The van der Waals surface area contributed by atoms with E-state index in [1.54, 1.807) is 12.1 Å². The van der Waals surface area contributed by atoms with E-state index in [9.17, 15) is 9.90 Å². The topological polar surface area (TPSA) is 70.6 Å². The number of amides is 1. The van der Waals surface area contributed by atoms with Crippen LogP contribution in [-0.4, -0.2) is 42.9 Å². The predicted molar refractivity (Wildman–Crippen MR) is 83.8 cm³/mol. The van der Waals surface area contributed by atoms with Crippen LogP contribution in [-0.2, 0) is 4.79 Å². The van der Waals surface area contributed by atoms with Crippen molar-refractivity contribution in [2.24, 2.45) is 0 Å². The average Bonchev–Trinajstić information content (AvgIpc) is 2.39. The van der Waals surface area contributed by atoms with E-state index in [-0.39, 0.29) is 31.6 Å². The van der Waals surface area contributed by atoms with E-state index in [4.69, 9.17) is 16.3 Å². The van der Waals surface area contributed by atoms with Crippen LogP contribution in [0.4, 0.5) is 0 Å². The smallest absolute Gasteiger partial charge is 0.234 e. The van der Waals surface area contributed by atoms with Crippen molar-refractivity contribution in [3.63, 3.8) is 0 Å². The lowest BCUT2D eigenvalue weighted by Gasteiger charge is -2.14. The Balaban J connectivity index is 2.23. The Morgan fingerprint density at radius 2 is 2.14 bits per heavy atom. The first-order chi connectivity index (χ1) is 9.88. The fourth-order valence-electron chi connectivity index (χ4n) is 1.68. The van der Waals surface area contributed by atoms with Gasteiger partial charge in [-0.25, -0.2) is 0 Å². The predicted octanol–water partition coefficient (Wildman–Crippen LogP) is 1.50. The number of carbonyl (C=O) groups excluding carboxylic acids is 1. The Bertz CT molecular complexity index is 466. The van der Waals surface area contributed by atoms with E-state index in [2.05, 4.69) is 10.6 Å².